The summed E-state index contributed by atoms with van der Waals surface area (Å²) in [5.74, 6) is -1.12. The number of rotatable bonds is 6. The van der Waals surface area contributed by atoms with Crippen LogP contribution in [0.25, 0.3) is 0 Å². The first-order chi connectivity index (χ1) is 8.99. The van der Waals surface area contributed by atoms with Gasteiger partial charge in [-0.1, -0.05) is 0 Å². The minimum absolute atomic E-state index is 0.0478. The Kier molecular flexibility index (Phi) is 4.73. The molecule has 0 fully saturated rings. The summed E-state index contributed by atoms with van der Waals surface area (Å²) in [5, 5.41) is 30.8. The summed E-state index contributed by atoms with van der Waals surface area (Å²) in [5.41, 5.74) is -0.830. The van der Waals surface area contributed by atoms with Gasteiger partial charge in [-0.3, -0.25) is 10.1 Å². The molecule has 0 aliphatic rings. The number of nitriles is 1. The van der Waals surface area contributed by atoms with Crippen LogP contribution in [0.1, 0.15) is 5.69 Å². The van der Waals surface area contributed by atoms with Crippen LogP contribution in [0.3, 0.4) is 0 Å². The highest BCUT2D eigenvalue weighted by atomic mass is 16.6. The van der Waals surface area contributed by atoms with Gasteiger partial charge < -0.3 is 15.2 Å². The molecule has 0 saturated carbocycles. The lowest BCUT2D eigenvalue weighted by Crippen LogP contribution is -2.34. The number of carboxylic acids is 1. The molecule has 0 amide bonds. The average molecular weight is 266 g/mol. The number of nitrogens with one attached hydrogen (secondary N) is 1. The molecule has 1 aromatic heterocycles. The van der Waals surface area contributed by atoms with Crippen molar-refractivity contribution in [1.82, 2.24) is 4.98 Å². The van der Waals surface area contributed by atoms with Crippen LogP contribution in [-0.2, 0) is 9.53 Å². The maximum absolute atomic E-state index is 10.9. The Labute approximate surface area is 107 Å². The zero-order chi connectivity index (χ0) is 14.4. The largest absolute Gasteiger partial charge is 0.480 e. The van der Waals surface area contributed by atoms with Crippen LogP contribution in [0.4, 0.5) is 11.5 Å². The fourth-order valence-corrected chi connectivity index (χ4v) is 1.28. The van der Waals surface area contributed by atoms with Crippen molar-refractivity contribution in [3.8, 4) is 6.07 Å². The number of hydrogen-bond acceptors (Lipinski definition) is 7. The van der Waals surface area contributed by atoms with E-state index in [9.17, 15) is 14.9 Å². The molecule has 1 unspecified atom stereocenters. The number of aromatic nitrogens is 1. The highest BCUT2D eigenvalue weighted by Crippen LogP contribution is 2.18. The number of methoxy groups -OCH3 is 1. The second-order valence-corrected chi connectivity index (χ2v) is 3.42. The Morgan fingerprint density at radius 2 is 2.42 bits per heavy atom. The van der Waals surface area contributed by atoms with Crippen LogP contribution in [0.5, 0.6) is 0 Å². The van der Waals surface area contributed by atoms with Gasteiger partial charge in [-0.05, 0) is 6.07 Å². The minimum atomic E-state index is -1.17. The molecular formula is C10H10N4O5. The summed E-state index contributed by atoms with van der Waals surface area (Å²) in [4.78, 5) is 24.4. The van der Waals surface area contributed by atoms with Gasteiger partial charge in [-0.15, -0.1) is 0 Å². The summed E-state index contributed by atoms with van der Waals surface area (Å²) in [6.07, 6.45) is 0. The van der Waals surface area contributed by atoms with Gasteiger partial charge in [0.2, 0.25) is 5.69 Å². The van der Waals surface area contributed by atoms with Gasteiger partial charge in [0.05, 0.1) is 11.5 Å². The molecule has 100 valence electrons. The van der Waals surface area contributed by atoms with Crippen molar-refractivity contribution in [2.24, 2.45) is 0 Å². The van der Waals surface area contributed by atoms with E-state index in [4.69, 9.17) is 15.1 Å². The van der Waals surface area contributed by atoms with E-state index in [1.54, 1.807) is 6.07 Å². The average Bonchev–Trinajstić information content (AvgIpc) is 2.37. The second-order valence-electron chi connectivity index (χ2n) is 3.42. The molecule has 0 spiro atoms. The maximum atomic E-state index is 10.9. The molecule has 0 saturated heterocycles. The Hall–Kier alpha value is -2.73. The fourth-order valence-electron chi connectivity index (χ4n) is 1.28. The van der Waals surface area contributed by atoms with E-state index >= 15 is 0 Å². The molecule has 1 rings (SSSR count). The van der Waals surface area contributed by atoms with E-state index < -0.39 is 28.3 Å². The second kappa shape index (κ2) is 6.27. The van der Waals surface area contributed by atoms with E-state index in [1.807, 2.05) is 0 Å². The molecule has 0 aliphatic carbocycles. The van der Waals surface area contributed by atoms with Gasteiger partial charge in [-0.2, -0.15) is 5.26 Å². The molecule has 1 atom stereocenters. The van der Waals surface area contributed by atoms with Crippen LogP contribution in [-0.4, -0.2) is 40.7 Å². The third-order valence-corrected chi connectivity index (χ3v) is 2.13. The standard InChI is InChI=1S/C10H10N4O5/c1-19-5-7(10(15)16)13-9-3-2-8(14(17)18)6(4-11)12-9/h2-3,7H,5H2,1H3,(H,12,13)(H,15,16). The lowest BCUT2D eigenvalue weighted by molar-refractivity contribution is -0.385. The van der Waals surface area contributed by atoms with Crippen molar-refractivity contribution in [2.45, 2.75) is 6.04 Å². The highest BCUT2D eigenvalue weighted by molar-refractivity contribution is 5.77. The Morgan fingerprint density at radius 1 is 1.74 bits per heavy atom. The molecule has 1 heterocycles. The van der Waals surface area contributed by atoms with Gasteiger partial charge in [0, 0.05) is 13.2 Å². The zero-order valence-corrected chi connectivity index (χ0v) is 9.86. The van der Waals surface area contributed by atoms with Crippen LogP contribution in [0, 0.1) is 21.4 Å². The normalized spacial score (nSPS) is 11.4. The summed E-state index contributed by atoms with van der Waals surface area (Å²) < 4.78 is 4.71. The molecule has 0 aromatic carbocycles. The summed E-state index contributed by atoms with van der Waals surface area (Å²) in [6, 6.07) is 2.83. The number of nitro groups is 1. The molecule has 1 aromatic rings. The number of hydrogen-bond donors (Lipinski definition) is 2. The Morgan fingerprint density at radius 3 is 2.89 bits per heavy atom. The predicted molar refractivity (Wildman–Crippen MR) is 62.5 cm³/mol. The van der Waals surface area contributed by atoms with E-state index in [2.05, 4.69) is 10.3 Å². The van der Waals surface area contributed by atoms with Gasteiger partial charge in [-0.25, -0.2) is 9.78 Å². The number of aliphatic carboxylic acids is 1. The quantitative estimate of drug-likeness (QED) is 0.556. The number of ether oxygens (including phenoxy) is 1. The van der Waals surface area contributed by atoms with Gasteiger partial charge >= 0.3 is 11.7 Å². The van der Waals surface area contributed by atoms with E-state index in [0.29, 0.717) is 0 Å². The van der Waals surface area contributed by atoms with Crippen molar-refractivity contribution in [3.05, 3.63) is 27.9 Å². The van der Waals surface area contributed by atoms with Gasteiger partial charge in [0.25, 0.3) is 0 Å². The molecule has 19 heavy (non-hydrogen) atoms. The lowest BCUT2D eigenvalue weighted by Gasteiger charge is -2.13. The van der Waals surface area contributed by atoms with Crippen LogP contribution >= 0.6 is 0 Å². The summed E-state index contributed by atoms with van der Waals surface area (Å²) in [6.45, 7) is -0.115. The first-order valence-corrected chi connectivity index (χ1v) is 5.03. The van der Waals surface area contributed by atoms with Crippen LogP contribution in [0.15, 0.2) is 12.1 Å². The van der Waals surface area contributed by atoms with E-state index in [-0.39, 0.29) is 12.4 Å². The van der Waals surface area contributed by atoms with Gasteiger partial charge in [0.15, 0.2) is 0 Å². The number of carboxylic acid groups (broad SMARTS) is 1. The van der Waals surface area contributed by atoms with Crippen LogP contribution in [0.2, 0.25) is 0 Å². The van der Waals surface area contributed by atoms with Crippen molar-refractivity contribution < 1.29 is 19.6 Å². The first-order valence-electron chi connectivity index (χ1n) is 5.03. The zero-order valence-electron chi connectivity index (χ0n) is 9.86. The molecular weight excluding hydrogens is 256 g/mol. The number of nitrogens with zero attached hydrogens (tertiary/aromatic N) is 3. The lowest BCUT2D eigenvalue weighted by atomic mass is 10.3. The van der Waals surface area contributed by atoms with Crippen LogP contribution < -0.4 is 5.32 Å². The third kappa shape index (κ3) is 3.62. The number of carbonyl (C=O) groups is 1. The number of pyridine rings is 1. The molecule has 0 bridgehead atoms. The SMILES string of the molecule is COCC(Nc1ccc([N+](=O)[O-])c(C#N)n1)C(=O)O. The highest BCUT2D eigenvalue weighted by Gasteiger charge is 2.20. The third-order valence-electron chi connectivity index (χ3n) is 2.13. The van der Waals surface area contributed by atoms with Crippen molar-refractivity contribution >= 4 is 17.5 Å². The monoisotopic (exact) mass is 266 g/mol. The summed E-state index contributed by atoms with van der Waals surface area (Å²) >= 11 is 0. The predicted octanol–water partition coefficient (Wildman–Crippen LogP) is 0.373. The maximum Gasteiger partial charge on any atom is 0.328 e. The topological polar surface area (TPSA) is 138 Å². The van der Waals surface area contributed by atoms with Crippen molar-refractivity contribution in [2.75, 3.05) is 19.0 Å². The molecule has 9 nitrogen and oxygen atoms in total. The van der Waals surface area contributed by atoms with Crippen molar-refractivity contribution in [3.63, 3.8) is 0 Å². The summed E-state index contributed by atoms with van der Waals surface area (Å²) in [7, 11) is 1.33. The molecule has 0 aliphatic heterocycles. The minimum Gasteiger partial charge on any atom is -0.480 e. The first kappa shape index (κ1) is 14.3. The van der Waals surface area contributed by atoms with E-state index in [1.165, 1.54) is 13.2 Å². The smallest absolute Gasteiger partial charge is 0.328 e. The molecule has 2 N–H and O–H groups in total. The fraction of sp³-hybridized carbons (Fsp3) is 0.300. The molecule has 9 heteroatoms. The van der Waals surface area contributed by atoms with Gasteiger partial charge in [0.1, 0.15) is 17.9 Å². The van der Waals surface area contributed by atoms with Crippen molar-refractivity contribution in [1.29, 1.82) is 5.26 Å². The number of anilines is 1. The van der Waals surface area contributed by atoms with E-state index in [0.717, 1.165) is 6.07 Å². The molecule has 0 radical (unpaired) electrons. The Balaban J connectivity index is 3.00. The Bertz CT molecular complexity index is 539.